The molecule has 7 nitrogen and oxygen atoms in total. The summed E-state index contributed by atoms with van der Waals surface area (Å²) < 4.78 is 11.3. The Morgan fingerprint density at radius 2 is 1.47 bits per heavy atom. The monoisotopic (exact) mass is 449 g/mol. The Hall–Kier alpha value is -3.91. The van der Waals surface area contributed by atoms with Gasteiger partial charge in [0.1, 0.15) is 24.7 Å². The number of thiocarbonyl (C=S) groups is 1. The van der Waals surface area contributed by atoms with Gasteiger partial charge < -0.3 is 20.1 Å². The number of hydrogen-bond donors (Lipinski definition) is 3. The molecular weight excluding hydrogens is 426 g/mol. The Balaban J connectivity index is 1.53. The fourth-order valence-electron chi connectivity index (χ4n) is 2.82. The lowest BCUT2D eigenvalue weighted by Gasteiger charge is -2.13. The number of hydrogen-bond acceptors (Lipinski definition) is 5. The Labute approximate surface area is 191 Å². The summed E-state index contributed by atoms with van der Waals surface area (Å²) in [6.07, 6.45) is 0. The van der Waals surface area contributed by atoms with Crippen LogP contribution in [-0.2, 0) is 0 Å². The van der Waals surface area contributed by atoms with E-state index in [9.17, 15) is 9.59 Å². The standard InChI is InChI=1S/C24H23N3O4S/c1-25-23(29)20-12-5-6-13-21(20)26-24(32)27-22(28)17-8-7-11-19(16-17)31-15-14-30-18-9-3-2-4-10-18/h2-13,16H,14-15H2,1H3,(H,25,29)(H2,26,27,28,32). The molecule has 3 rings (SSSR count). The number of nitrogens with one attached hydrogen (secondary N) is 3. The van der Waals surface area contributed by atoms with Crippen molar-refractivity contribution in [2.75, 3.05) is 25.6 Å². The van der Waals surface area contributed by atoms with Crippen LogP contribution in [0.15, 0.2) is 78.9 Å². The molecule has 0 atom stereocenters. The maximum Gasteiger partial charge on any atom is 0.257 e. The summed E-state index contributed by atoms with van der Waals surface area (Å²) >= 11 is 5.24. The van der Waals surface area contributed by atoms with Gasteiger partial charge in [0.25, 0.3) is 11.8 Å². The number of carbonyl (C=O) groups excluding carboxylic acids is 2. The molecule has 32 heavy (non-hydrogen) atoms. The van der Waals surface area contributed by atoms with Crippen LogP contribution in [0.5, 0.6) is 11.5 Å². The van der Waals surface area contributed by atoms with Crippen LogP contribution in [0.3, 0.4) is 0 Å². The molecule has 0 saturated carbocycles. The number of benzene rings is 3. The van der Waals surface area contributed by atoms with Crippen molar-refractivity contribution in [1.82, 2.24) is 10.6 Å². The number of amides is 2. The molecule has 0 aromatic heterocycles. The fourth-order valence-corrected chi connectivity index (χ4v) is 3.02. The lowest BCUT2D eigenvalue weighted by molar-refractivity contribution is 0.0960. The zero-order valence-corrected chi connectivity index (χ0v) is 18.3. The van der Waals surface area contributed by atoms with E-state index in [4.69, 9.17) is 21.7 Å². The predicted molar refractivity (Wildman–Crippen MR) is 127 cm³/mol. The number of para-hydroxylation sites is 2. The number of ether oxygens (including phenoxy) is 2. The smallest absolute Gasteiger partial charge is 0.257 e. The van der Waals surface area contributed by atoms with Crippen LogP contribution in [-0.4, -0.2) is 37.2 Å². The lowest BCUT2D eigenvalue weighted by Crippen LogP contribution is -2.34. The van der Waals surface area contributed by atoms with Gasteiger partial charge in [0, 0.05) is 12.6 Å². The molecule has 0 aliphatic carbocycles. The summed E-state index contributed by atoms with van der Waals surface area (Å²) in [5.74, 6) is 0.649. The zero-order valence-electron chi connectivity index (χ0n) is 17.5. The lowest BCUT2D eigenvalue weighted by atomic mass is 10.1. The minimum Gasteiger partial charge on any atom is -0.490 e. The minimum atomic E-state index is -0.397. The average molecular weight is 450 g/mol. The maximum absolute atomic E-state index is 12.6. The van der Waals surface area contributed by atoms with E-state index < -0.39 is 5.91 Å². The highest BCUT2D eigenvalue weighted by Gasteiger charge is 2.13. The Kier molecular flexibility index (Phi) is 8.16. The van der Waals surface area contributed by atoms with Crippen LogP contribution < -0.4 is 25.4 Å². The molecule has 0 aliphatic heterocycles. The van der Waals surface area contributed by atoms with Gasteiger partial charge in [-0.15, -0.1) is 0 Å². The van der Waals surface area contributed by atoms with Crippen molar-refractivity contribution in [3.8, 4) is 11.5 Å². The summed E-state index contributed by atoms with van der Waals surface area (Å²) in [6.45, 7) is 0.704. The maximum atomic E-state index is 12.6. The molecule has 0 radical (unpaired) electrons. The summed E-state index contributed by atoms with van der Waals surface area (Å²) in [7, 11) is 1.54. The third kappa shape index (κ3) is 6.55. The van der Waals surface area contributed by atoms with Gasteiger partial charge in [-0.1, -0.05) is 36.4 Å². The van der Waals surface area contributed by atoms with Crippen LogP contribution in [0.25, 0.3) is 0 Å². The van der Waals surface area contributed by atoms with Crippen molar-refractivity contribution < 1.29 is 19.1 Å². The molecule has 0 saturated heterocycles. The van der Waals surface area contributed by atoms with E-state index in [1.54, 1.807) is 55.6 Å². The van der Waals surface area contributed by atoms with Crippen molar-refractivity contribution in [3.63, 3.8) is 0 Å². The summed E-state index contributed by atoms with van der Waals surface area (Å²) in [5.41, 5.74) is 1.29. The highest BCUT2D eigenvalue weighted by molar-refractivity contribution is 7.80. The van der Waals surface area contributed by atoms with E-state index in [0.717, 1.165) is 5.75 Å². The van der Waals surface area contributed by atoms with E-state index in [1.165, 1.54) is 0 Å². The van der Waals surface area contributed by atoms with Crippen LogP contribution in [0.4, 0.5) is 5.69 Å². The highest BCUT2D eigenvalue weighted by atomic mass is 32.1. The average Bonchev–Trinajstić information content (AvgIpc) is 2.82. The van der Waals surface area contributed by atoms with Crippen molar-refractivity contribution >= 4 is 34.8 Å². The molecule has 3 aromatic rings. The van der Waals surface area contributed by atoms with Crippen molar-refractivity contribution in [3.05, 3.63) is 90.0 Å². The second kappa shape index (κ2) is 11.5. The van der Waals surface area contributed by atoms with E-state index in [2.05, 4.69) is 16.0 Å². The third-order valence-corrected chi connectivity index (χ3v) is 4.54. The van der Waals surface area contributed by atoms with E-state index in [-0.39, 0.29) is 11.0 Å². The molecule has 0 heterocycles. The first kappa shape index (κ1) is 22.8. The summed E-state index contributed by atoms with van der Waals surface area (Å²) in [4.78, 5) is 24.6. The molecule has 3 aromatic carbocycles. The number of carbonyl (C=O) groups is 2. The molecule has 0 bridgehead atoms. The first-order valence-electron chi connectivity index (χ1n) is 9.91. The molecule has 0 fully saturated rings. The van der Waals surface area contributed by atoms with Crippen LogP contribution in [0.1, 0.15) is 20.7 Å². The highest BCUT2D eigenvalue weighted by Crippen LogP contribution is 2.16. The second-order valence-corrected chi connectivity index (χ2v) is 6.98. The van der Waals surface area contributed by atoms with Crippen LogP contribution in [0.2, 0.25) is 0 Å². The quantitative estimate of drug-likeness (QED) is 0.360. The Morgan fingerprint density at radius 1 is 0.812 bits per heavy atom. The normalized spacial score (nSPS) is 10.0. The SMILES string of the molecule is CNC(=O)c1ccccc1NC(=S)NC(=O)c1cccc(OCCOc2ccccc2)c1. The first-order chi connectivity index (χ1) is 15.6. The molecular formula is C24H23N3O4S. The topological polar surface area (TPSA) is 88.7 Å². The van der Waals surface area contributed by atoms with E-state index in [0.29, 0.717) is 35.8 Å². The van der Waals surface area contributed by atoms with Gasteiger partial charge in [0.05, 0.1) is 11.3 Å². The van der Waals surface area contributed by atoms with Gasteiger partial charge in [0.2, 0.25) is 0 Å². The number of anilines is 1. The van der Waals surface area contributed by atoms with Gasteiger partial charge in [-0.05, 0) is 54.7 Å². The number of rotatable bonds is 8. The van der Waals surface area contributed by atoms with Crippen molar-refractivity contribution in [2.24, 2.45) is 0 Å². The molecule has 8 heteroatoms. The van der Waals surface area contributed by atoms with Gasteiger partial charge in [-0.2, -0.15) is 0 Å². The Bertz CT molecular complexity index is 1090. The molecule has 2 amide bonds. The molecule has 0 unspecified atom stereocenters. The predicted octanol–water partition coefficient (Wildman–Crippen LogP) is 3.63. The van der Waals surface area contributed by atoms with Crippen LogP contribution >= 0.6 is 12.2 Å². The van der Waals surface area contributed by atoms with Gasteiger partial charge >= 0.3 is 0 Å². The molecule has 3 N–H and O–H groups in total. The van der Waals surface area contributed by atoms with Crippen molar-refractivity contribution in [1.29, 1.82) is 0 Å². The van der Waals surface area contributed by atoms with Gasteiger partial charge in [-0.3, -0.25) is 14.9 Å². The van der Waals surface area contributed by atoms with E-state index in [1.807, 2.05) is 30.3 Å². The largest absolute Gasteiger partial charge is 0.490 e. The minimum absolute atomic E-state index is 0.0777. The summed E-state index contributed by atoms with van der Waals surface area (Å²) in [5, 5.41) is 8.15. The van der Waals surface area contributed by atoms with Crippen LogP contribution in [0, 0.1) is 0 Å². The second-order valence-electron chi connectivity index (χ2n) is 6.57. The molecule has 164 valence electrons. The zero-order chi connectivity index (χ0) is 22.8. The summed E-state index contributed by atoms with van der Waals surface area (Å²) in [6, 6.07) is 23.1. The first-order valence-corrected chi connectivity index (χ1v) is 10.3. The van der Waals surface area contributed by atoms with Crippen molar-refractivity contribution in [2.45, 2.75) is 0 Å². The fraction of sp³-hybridized carbons (Fsp3) is 0.125. The molecule has 0 spiro atoms. The Morgan fingerprint density at radius 3 is 2.22 bits per heavy atom. The van der Waals surface area contributed by atoms with E-state index >= 15 is 0 Å². The molecule has 0 aliphatic rings. The third-order valence-electron chi connectivity index (χ3n) is 4.33. The van der Waals surface area contributed by atoms with Gasteiger partial charge in [-0.25, -0.2) is 0 Å². The van der Waals surface area contributed by atoms with Gasteiger partial charge in [0.15, 0.2) is 5.11 Å².